The number of aryl methyl sites for hydroxylation is 1. The Bertz CT molecular complexity index is 354. The van der Waals surface area contributed by atoms with Gasteiger partial charge in [0, 0.05) is 10.7 Å². The summed E-state index contributed by atoms with van der Waals surface area (Å²) < 4.78 is 0.940. The molecular formula is C9H12BrN3O. The topological polar surface area (TPSA) is 68.0 Å². The van der Waals surface area contributed by atoms with Crippen molar-refractivity contribution in [3.05, 3.63) is 22.3 Å². The largest absolute Gasteiger partial charge is 0.368 e. The molecule has 1 atom stereocenters. The number of nitrogens with two attached hydrogens (primary N) is 1. The van der Waals surface area contributed by atoms with Gasteiger partial charge in [-0.05, 0) is 41.4 Å². The molecule has 0 radical (unpaired) electrons. The van der Waals surface area contributed by atoms with Crippen molar-refractivity contribution >= 4 is 27.7 Å². The summed E-state index contributed by atoms with van der Waals surface area (Å²) in [7, 11) is 0. The average molecular weight is 258 g/mol. The zero-order valence-corrected chi connectivity index (χ0v) is 9.63. The Hall–Kier alpha value is -1.10. The second-order valence-corrected chi connectivity index (χ2v) is 3.94. The number of anilines is 1. The number of halogens is 1. The van der Waals surface area contributed by atoms with E-state index in [1.54, 1.807) is 13.1 Å². The van der Waals surface area contributed by atoms with Crippen LogP contribution in [0.2, 0.25) is 0 Å². The van der Waals surface area contributed by atoms with Gasteiger partial charge in [-0.25, -0.2) is 4.98 Å². The molecule has 0 saturated carbocycles. The Balaban J connectivity index is 2.78. The lowest BCUT2D eigenvalue weighted by atomic mass is 10.2. The van der Waals surface area contributed by atoms with Crippen molar-refractivity contribution in [2.24, 2.45) is 5.73 Å². The van der Waals surface area contributed by atoms with E-state index in [0.29, 0.717) is 5.82 Å². The average Bonchev–Trinajstić information content (AvgIpc) is 2.11. The molecule has 1 rings (SSSR count). The van der Waals surface area contributed by atoms with Gasteiger partial charge >= 0.3 is 0 Å². The number of pyridine rings is 1. The van der Waals surface area contributed by atoms with Crippen LogP contribution < -0.4 is 11.1 Å². The second kappa shape index (κ2) is 4.41. The molecule has 0 spiro atoms. The highest BCUT2D eigenvalue weighted by Gasteiger charge is 2.08. The molecule has 14 heavy (non-hydrogen) atoms. The van der Waals surface area contributed by atoms with Crippen LogP contribution in [0.25, 0.3) is 0 Å². The summed E-state index contributed by atoms with van der Waals surface area (Å²) in [4.78, 5) is 14.9. The van der Waals surface area contributed by atoms with Crippen molar-refractivity contribution in [2.45, 2.75) is 19.9 Å². The molecule has 4 nitrogen and oxygen atoms in total. The van der Waals surface area contributed by atoms with Crippen molar-refractivity contribution in [3.8, 4) is 0 Å². The monoisotopic (exact) mass is 257 g/mol. The molecule has 1 aromatic rings. The fourth-order valence-electron chi connectivity index (χ4n) is 0.911. The van der Waals surface area contributed by atoms with E-state index in [4.69, 9.17) is 5.73 Å². The molecule has 0 fully saturated rings. The normalized spacial score (nSPS) is 12.2. The number of aromatic nitrogens is 1. The number of nitrogens with one attached hydrogen (secondary N) is 1. The van der Waals surface area contributed by atoms with Crippen LogP contribution in [-0.2, 0) is 4.79 Å². The van der Waals surface area contributed by atoms with Gasteiger partial charge in [0.15, 0.2) is 0 Å². The number of nitrogens with zero attached hydrogens (tertiary/aromatic N) is 1. The summed E-state index contributed by atoms with van der Waals surface area (Å²) in [6, 6.07) is 1.44. The summed E-state index contributed by atoms with van der Waals surface area (Å²) >= 11 is 3.34. The van der Waals surface area contributed by atoms with Gasteiger partial charge in [0.25, 0.3) is 0 Å². The third-order valence-electron chi connectivity index (χ3n) is 1.84. The maximum atomic E-state index is 10.8. The molecule has 1 unspecified atom stereocenters. The highest BCUT2D eigenvalue weighted by molar-refractivity contribution is 9.10. The van der Waals surface area contributed by atoms with Crippen LogP contribution >= 0.6 is 15.9 Å². The third-order valence-corrected chi connectivity index (χ3v) is 2.67. The molecule has 1 aromatic heterocycles. The standard InChI is InChI=1S/C9H12BrN3O/c1-5-3-8(12-4-7(5)10)13-6(2)9(11)14/h3-4,6H,1-2H3,(H2,11,14)(H,12,13). The quantitative estimate of drug-likeness (QED) is 0.861. The molecule has 0 aromatic carbocycles. The Morgan fingerprint density at radius 1 is 1.71 bits per heavy atom. The van der Waals surface area contributed by atoms with Crippen molar-refractivity contribution in [1.29, 1.82) is 0 Å². The number of hydrogen-bond donors (Lipinski definition) is 2. The Morgan fingerprint density at radius 2 is 2.36 bits per heavy atom. The minimum atomic E-state index is -0.414. The van der Waals surface area contributed by atoms with Crippen LogP contribution in [0.5, 0.6) is 0 Å². The van der Waals surface area contributed by atoms with E-state index < -0.39 is 11.9 Å². The summed E-state index contributed by atoms with van der Waals surface area (Å²) in [6.07, 6.45) is 1.69. The van der Waals surface area contributed by atoms with E-state index in [1.807, 2.05) is 13.0 Å². The lowest BCUT2D eigenvalue weighted by Crippen LogP contribution is -2.32. The number of hydrogen-bond acceptors (Lipinski definition) is 3. The van der Waals surface area contributed by atoms with Crippen molar-refractivity contribution in [2.75, 3.05) is 5.32 Å². The summed E-state index contributed by atoms with van der Waals surface area (Å²) in [5.74, 6) is 0.254. The molecule has 0 saturated heterocycles. The second-order valence-electron chi connectivity index (χ2n) is 3.09. The van der Waals surface area contributed by atoms with Gasteiger partial charge in [-0.15, -0.1) is 0 Å². The van der Waals surface area contributed by atoms with Gasteiger partial charge in [-0.2, -0.15) is 0 Å². The van der Waals surface area contributed by atoms with Gasteiger partial charge in [0.2, 0.25) is 5.91 Å². The van der Waals surface area contributed by atoms with Gasteiger partial charge in [0.1, 0.15) is 11.9 Å². The highest BCUT2D eigenvalue weighted by atomic mass is 79.9. The Morgan fingerprint density at radius 3 is 2.86 bits per heavy atom. The molecule has 5 heteroatoms. The zero-order chi connectivity index (χ0) is 10.7. The van der Waals surface area contributed by atoms with E-state index in [1.165, 1.54) is 0 Å². The molecule has 0 aliphatic rings. The summed E-state index contributed by atoms with van der Waals surface area (Å²) in [5.41, 5.74) is 6.17. The SMILES string of the molecule is Cc1cc(NC(C)C(N)=O)ncc1Br. The predicted molar refractivity (Wildman–Crippen MR) is 59.0 cm³/mol. The first-order chi connectivity index (χ1) is 6.50. The summed E-state index contributed by atoms with van der Waals surface area (Å²) in [5, 5.41) is 2.90. The first kappa shape index (κ1) is 11.0. The lowest BCUT2D eigenvalue weighted by Gasteiger charge is -2.11. The molecule has 1 amide bonds. The van der Waals surface area contributed by atoms with Crippen molar-refractivity contribution in [1.82, 2.24) is 4.98 Å². The summed E-state index contributed by atoms with van der Waals surface area (Å²) in [6.45, 7) is 3.65. The number of carbonyl (C=O) groups excluding carboxylic acids is 1. The van der Waals surface area contributed by atoms with Gasteiger partial charge < -0.3 is 11.1 Å². The molecule has 0 aliphatic heterocycles. The minimum Gasteiger partial charge on any atom is -0.368 e. The molecule has 3 N–H and O–H groups in total. The van der Waals surface area contributed by atoms with E-state index in [-0.39, 0.29) is 0 Å². The number of amides is 1. The van der Waals surface area contributed by atoms with Gasteiger partial charge in [0.05, 0.1) is 0 Å². The molecular weight excluding hydrogens is 246 g/mol. The van der Waals surface area contributed by atoms with Crippen LogP contribution in [0.1, 0.15) is 12.5 Å². The van der Waals surface area contributed by atoms with Crippen molar-refractivity contribution < 1.29 is 4.79 Å². The van der Waals surface area contributed by atoms with E-state index in [0.717, 1.165) is 10.0 Å². The van der Waals surface area contributed by atoms with Crippen LogP contribution in [-0.4, -0.2) is 16.9 Å². The van der Waals surface area contributed by atoms with Crippen LogP contribution in [0, 0.1) is 6.92 Å². The van der Waals surface area contributed by atoms with Crippen LogP contribution in [0.4, 0.5) is 5.82 Å². The maximum Gasteiger partial charge on any atom is 0.239 e. The number of primary amides is 1. The third kappa shape index (κ3) is 2.70. The first-order valence-corrected chi connectivity index (χ1v) is 4.98. The molecule has 0 aliphatic carbocycles. The predicted octanol–water partition coefficient (Wildman–Crippen LogP) is 1.44. The maximum absolute atomic E-state index is 10.8. The Kier molecular flexibility index (Phi) is 3.46. The highest BCUT2D eigenvalue weighted by Crippen LogP contribution is 2.17. The van der Waals surface area contributed by atoms with Crippen LogP contribution in [0.15, 0.2) is 16.7 Å². The minimum absolute atomic E-state index is 0.396. The van der Waals surface area contributed by atoms with Crippen LogP contribution in [0.3, 0.4) is 0 Å². The molecule has 0 bridgehead atoms. The molecule has 1 heterocycles. The Labute approximate surface area is 91.0 Å². The van der Waals surface area contributed by atoms with Gasteiger partial charge in [-0.3, -0.25) is 4.79 Å². The smallest absolute Gasteiger partial charge is 0.239 e. The fourth-order valence-corrected chi connectivity index (χ4v) is 1.13. The fraction of sp³-hybridized carbons (Fsp3) is 0.333. The number of carbonyl (C=O) groups is 1. The lowest BCUT2D eigenvalue weighted by molar-refractivity contribution is -0.118. The van der Waals surface area contributed by atoms with Gasteiger partial charge in [-0.1, -0.05) is 0 Å². The zero-order valence-electron chi connectivity index (χ0n) is 8.04. The van der Waals surface area contributed by atoms with Crippen molar-refractivity contribution in [3.63, 3.8) is 0 Å². The number of rotatable bonds is 3. The molecule has 76 valence electrons. The van der Waals surface area contributed by atoms with E-state index in [9.17, 15) is 4.79 Å². The first-order valence-electron chi connectivity index (χ1n) is 4.18. The van der Waals surface area contributed by atoms with E-state index >= 15 is 0 Å². The van der Waals surface area contributed by atoms with E-state index in [2.05, 4.69) is 26.2 Å².